The Hall–Kier alpha value is -1.79. The van der Waals surface area contributed by atoms with Crippen LogP contribution < -0.4 is 5.32 Å². The minimum atomic E-state index is -0.255. The van der Waals surface area contributed by atoms with Crippen LogP contribution in [0.1, 0.15) is 0 Å². The van der Waals surface area contributed by atoms with Crippen molar-refractivity contribution in [3.8, 4) is 0 Å². The molecule has 0 rings (SSSR count). The molecule has 1 amide bonds. The van der Waals surface area contributed by atoms with Gasteiger partial charge < -0.3 is 5.32 Å². The monoisotopic (exact) mass is 327 g/mol. The van der Waals surface area contributed by atoms with Crippen molar-refractivity contribution in [1.82, 2.24) is 5.32 Å². The van der Waals surface area contributed by atoms with Crippen LogP contribution in [0, 0.1) is 7.05 Å². The molecule has 42 valence electrons. The van der Waals surface area contributed by atoms with E-state index in [9.17, 15) is 4.79 Å². The zero-order chi connectivity index (χ0) is 4.99. The topological polar surface area (TPSA) is 29.1 Å². The summed E-state index contributed by atoms with van der Waals surface area (Å²) in [7, 11) is 3.09. The van der Waals surface area contributed by atoms with E-state index in [0.717, 1.165) is 6.08 Å². The summed E-state index contributed by atoms with van der Waals surface area (Å²) in [4.78, 5) is 9.89. The maximum atomic E-state index is 9.89. The summed E-state index contributed by atoms with van der Waals surface area (Å²) in [6.45, 7) is 3.18. The van der Waals surface area contributed by atoms with E-state index in [-0.39, 0.29) is 5.91 Å². The van der Waals surface area contributed by atoms with E-state index in [1.807, 2.05) is 0 Å². The van der Waals surface area contributed by atoms with Gasteiger partial charge in [-0.3, -0.25) is 11.8 Å². The van der Waals surface area contributed by atoms with Crippen molar-refractivity contribution in [2.75, 3.05) is 0 Å². The van der Waals surface area contributed by atoms with Crippen LogP contribution in [-0.2, 0) is 4.79 Å². The Kier molecular flexibility index (Phi) is 5.39. The molecule has 0 saturated carbocycles. The van der Waals surface area contributed by atoms with E-state index in [1.54, 1.807) is 0 Å². The molecule has 7 heavy (non-hydrogen) atoms. The Morgan fingerprint density at radius 2 is 2.29 bits per heavy atom. The molecule has 2 nitrogen and oxygen atoms in total. The van der Waals surface area contributed by atoms with Gasteiger partial charge in [-0.15, -0.1) is 0 Å². The van der Waals surface area contributed by atoms with E-state index < -0.39 is 0 Å². The quantitative estimate of drug-likeness (QED) is 0.535. The third-order valence-corrected chi connectivity index (χ3v) is 0.360. The van der Waals surface area contributed by atoms with Gasteiger partial charge in [0.2, 0.25) is 5.91 Å². The summed E-state index contributed by atoms with van der Waals surface area (Å²) in [5.74, 6) is -0.255. The van der Waals surface area contributed by atoms with Crippen molar-refractivity contribution in [2.24, 2.45) is 0 Å². The van der Waals surface area contributed by atoms with Gasteiger partial charge in [0, 0.05) is 0 Å². The van der Waals surface area contributed by atoms with Gasteiger partial charge in [-0.05, 0) is 6.08 Å². The number of carbonyl (C=O) groups is 1. The molecule has 0 bridgehead atoms. The molecule has 0 spiro atoms. The fraction of sp³-hybridized carbons (Fsp3) is 0. The van der Waals surface area contributed by atoms with Crippen LogP contribution in [-0.4, -0.2) is 5.91 Å². The Labute approximate surface area is 36.9 Å². The molecular formula is C4H6CmNO-. The average Bonchev–Trinajstić information content (AvgIpc) is 1.65. The molecule has 0 aliphatic rings. The number of rotatable bonds is 1. The summed E-state index contributed by atoms with van der Waals surface area (Å²) >= 11 is 0. The first kappa shape index (κ1) is 8.96. The van der Waals surface area contributed by atoms with Crippen LogP contribution in [0.25, 0.3) is 0 Å². The predicted molar refractivity (Wildman–Crippen MR) is 23.7 cm³/mol. The van der Waals surface area contributed by atoms with Crippen LogP contribution in [0.4, 0.5) is 0 Å². The Morgan fingerprint density at radius 1 is 1.86 bits per heavy atom. The molecule has 0 aliphatic carbocycles. The zero-order valence-electron chi connectivity index (χ0n) is 3.75. The zero-order valence-corrected chi connectivity index (χ0v) is 6.70. The standard InChI is InChI=1S/C4H6NO.Cm/c1-3-4(6)5-2;/h3H,1-2H2,(H,5,6);/q-1;. The van der Waals surface area contributed by atoms with Crippen LogP contribution in [0.15, 0.2) is 12.7 Å². The van der Waals surface area contributed by atoms with Gasteiger partial charge >= 0.3 is 0 Å². The largest absolute Gasteiger partial charge is 0.505 e. The van der Waals surface area contributed by atoms with Gasteiger partial charge in [0.05, 0.1) is 0 Å². The van der Waals surface area contributed by atoms with Crippen LogP contribution in [0.2, 0.25) is 0 Å². The van der Waals surface area contributed by atoms with Gasteiger partial charge in [-0.25, -0.2) is 0 Å². The van der Waals surface area contributed by atoms with Gasteiger partial charge in [0.15, 0.2) is 0 Å². The van der Waals surface area contributed by atoms with Gasteiger partial charge in [-0.1, -0.05) is 6.58 Å². The van der Waals surface area contributed by atoms with Crippen molar-refractivity contribution in [3.05, 3.63) is 19.7 Å². The smallest absolute Gasteiger partial charge is 0.214 e. The van der Waals surface area contributed by atoms with Crippen molar-refractivity contribution in [2.45, 2.75) is 0 Å². The van der Waals surface area contributed by atoms with Crippen molar-refractivity contribution < 1.29 is 4.79 Å². The van der Waals surface area contributed by atoms with Crippen LogP contribution in [0.3, 0.4) is 0 Å². The number of hydrogen-bond donors (Lipinski definition) is 1. The Morgan fingerprint density at radius 3 is 2.29 bits per heavy atom. The molecule has 0 saturated heterocycles. The summed E-state index contributed by atoms with van der Waals surface area (Å²) in [5.41, 5.74) is 0. The second kappa shape index (κ2) is 4.21. The molecule has 0 aliphatic heterocycles. The van der Waals surface area contributed by atoms with Gasteiger partial charge in [0.1, 0.15) is 0 Å². The molecule has 0 heterocycles. The third kappa shape index (κ3) is 4.21. The molecule has 0 aromatic rings. The molecule has 0 unspecified atom stereocenters. The number of carbonyl (C=O) groups excluding carboxylic acids is 1. The van der Waals surface area contributed by atoms with E-state index in [4.69, 9.17) is 0 Å². The molecule has 3 heteroatoms. The maximum Gasteiger partial charge on any atom is 0.214 e. The van der Waals surface area contributed by atoms with Crippen LogP contribution >= 0.6 is 0 Å². The van der Waals surface area contributed by atoms with E-state index in [0.29, 0.717) is 0 Å². The average molecular weight is 331 g/mol. The molecule has 0 atom stereocenters. The molecule has 0 fully saturated rings. The fourth-order valence-electron chi connectivity index (χ4n) is 0.0722. The first-order valence-corrected chi connectivity index (χ1v) is 1.50. The summed E-state index contributed by atoms with van der Waals surface area (Å²) in [6, 6.07) is 0. The first-order valence-electron chi connectivity index (χ1n) is 1.50. The summed E-state index contributed by atoms with van der Waals surface area (Å²) in [6.07, 6.45) is 1.16. The van der Waals surface area contributed by atoms with Crippen molar-refractivity contribution in [1.29, 1.82) is 0 Å². The van der Waals surface area contributed by atoms with Gasteiger partial charge in [0.25, 0.3) is 0 Å². The normalized spacial score (nSPS) is 5.86. The second-order valence-electron chi connectivity index (χ2n) is 0.745. The van der Waals surface area contributed by atoms with Gasteiger partial charge in [-0.2, -0.15) is 0 Å². The minimum absolute atomic E-state index is 0. The van der Waals surface area contributed by atoms with Crippen molar-refractivity contribution >= 4 is 5.91 Å². The number of nitrogens with one attached hydrogen (secondary N) is 1. The number of amides is 1. The van der Waals surface area contributed by atoms with E-state index in [1.165, 1.54) is 0 Å². The SMILES string of the molecule is C=CC(=O)N[CH2-].[Cm]. The maximum absolute atomic E-state index is 9.89. The third-order valence-electron chi connectivity index (χ3n) is 0.360. The Bertz CT molecular complexity index is 72.1. The Balaban J connectivity index is 0. The molecule has 0 aromatic carbocycles. The summed E-state index contributed by atoms with van der Waals surface area (Å²) < 4.78 is 0. The van der Waals surface area contributed by atoms with E-state index >= 15 is 0 Å². The fourth-order valence-corrected chi connectivity index (χ4v) is 0.0722. The minimum Gasteiger partial charge on any atom is -0.505 e. The molecule has 1 N–H and O–H groups in total. The molecule has 0 aromatic heterocycles. The van der Waals surface area contributed by atoms with Crippen LogP contribution in [0.5, 0.6) is 0 Å². The summed E-state index contributed by atoms with van der Waals surface area (Å²) in [5, 5.41) is 2.11. The molecular weight excluding hydrogens is 325 g/mol. The van der Waals surface area contributed by atoms with Crippen molar-refractivity contribution in [3.63, 3.8) is 0 Å². The second-order valence-corrected chi connectivity index (χ2v) is 0.745. The number of hydrogen-bond acceptors (Lipinski definition) is 1. The molecule has 0 radical (unpaired) electrons. The predicted octanol–water partition coefficient (Wildman–Crippen LogP) is 0.0802. The van der Waals surface area contributed by atoms with E-state index in [2.05, 4.69) is 18.9 Å². The first-order chi connectivity index (χ1) is 2.81.